The van der Waals surface area contributed by atoms with Crippen LogP contribution in [0.4, 0.5) is 20.2 Å². The second-order valence-electron chi connectivity index (χ2n) is 4.73. The van der Waals surface area contributed by atoms with Crippen LogP contribution >= 0.6 is 137 Å². The Hall–Kier alpha value is 2.28. The average Bonchev–Trinajstić information content (AvgIpc) is 2.46. The van der Waals surface area contributed by atoms with Gasteiger partial charge in [0.25, 0.3) is 0 Å². The Kier molecular flexibility index (Phi) is 9.56. The molecule has 0 saturated heterocycles. The highest BCUT2D eigenvalue weighted by Crippen LogP contribution is 2.37. The summed E-state index contributed by atoms with van der Waals surface area (Å²) in [4.78, 5) is 0. The van der Waals surface area contributed by atoms with Gasteiger partial charge in [-0.2, -0.15) is 0 Å². The Morgan fingerprint density at radius 1 is 0.792 bits per heavy atom. The number of nitrogens with zero attached hydrogens (tertiary/aromatic N) is 2. The van der Waals surface area contributed by atoms with E-state index in [0.717, 1.165) is 26.1 Å². The van der Waals surface area contributed by atoms with Crippen molar-refractivity contribution in [3.8, 4) is 0 Å². The normalized spacial score (nSPS) is 10.8. The zero-order valence-corrected chi connectivity index (χ0v) is 24.6. The van der Waals surface area contributed by atoms with Gasteiger partial charge in [0.15, 0.2) is 0 Å². The van der Waals surface area contributed by atoms with Gasteiger partial charge in [-0.25, -0.2) is 8.78 Å². The lowest BCUT2D eigenvalue weighted by atomic mass is 10.0. The van der Waals surface area contributed by atoms with E-state index in [1.165, 1.54) is 12.1 Å². The van der Waals surface area contributed by atoms with Crippen molar-refractivity contribution < 1.29 is 8.78 Å². The zero-order valence-electron chi connectivity index (χ0n) is 11.6. The number of anilines is 2. The summed E-state index contributed by atoms with van der Waals surface area (Å²) in [6, 6.07) is 6.43. The van der Waals surface area contributed by atoms with Crippen molar-refractivity contribution in [2.75, 3.05) is 2.65 Å². The lowest BCUT2D eigenvalue weighted by molar-refractivity contribution is 0.620. The Balaban J connectivity index is 2.38. The lowest BCUT2D eigenvalue weighted by Gasteiger charge is -2.18. The second-order valence-corrected chi connectivity index (χ2v) is 14.5. The quantitative estimate of drug-likeness (QED) is 0.222. The molecule has 0 amide bonds. The minimum Gasteiger partial charge on any atom is -0.254 e. The van der Waals surface area contributed by atoms with E-state index in [9.17, 15) is 8.78 Å². The van der Waals surface area contributed by atoms with E-state index >= 15 is 0 Å². The highest BCUT2D eigenvalue weighted by Gasteiger charge is 2.17. The van der Waals surface area contributed by atoms with Crippen LogP contribution in [0.15, 0.2) is 24.3 Å². The van der Waals surface area contributed by atoms with Crippen LogP contribution < -0.4 is 2.65 Å². The van der Waals surface area contributed by atoms with E-state index in [4.69, 9.17) is 0 Å². The van der Waals surface area contributed by atoms with Gasteiger partial charge >= 0.3 is 0 Å². The molecule has 0 unspecified atom stereocenters. The van der Waals surface area contributed by atoms with Gasteiger partial charge < -0.3 is 0 Å². The fourth-order valence-electron chi connectivity index (χ4n) is 2.23. The third-order valence-electron chi connectivity index (χ3n) is 3.26. The Morgan fingerprint density at radius 3 is 1.96 bits per heavy atom. The molecule has 130 valence electrons. The molecule has 0 aliphatic heterocycles. The number of hydrogen-bond acceptors (Lipinski definition) is 2. The molecular formula is C14H8F2I6N2. The monoisotopic (exact) mass is 1000 g/mol. The first-order valence-corrected chi connectivity index (χ1v) is 12.4. The van der Waals surface area contributed by atoms with Crippen LogP contribution in [0.25, 0.3) is 0 Å². The minimum absolute atomic E-state index is 0.223. The van der Waals surface area contributed by atoms with Gasteiger partial charge in [0.1, 0.15) is 11.6 Å². The van der Waals surface area contributed by atoms with Crippen molar-refractivity contribution in [3.63, 3.8) is 0 Å². The van der Waals surface area contributed by atoms with Gasteiger partial charge in [-0.3, -0.25) is 2.65 Å². The molecule has 0 aliphatic carbocycles. The third kappa shape index (κ3) is 5.65. The average molecular weight is 1000 g/mol. The van der Waals surface area contributed by atoms with Crippen LogP contribution in [-0.4, -0.2) is 0 Å². The first kappa shape index (κ1) is 22.6. The highest BCUT2D eigenvalue weighted by molar-refractivity contribution is 14.2. The van der Waals surface area contributed by atoms with Gasteiger partial charge in [0.2, 0.25) is 0 Å². The summed E-state index contributed by atoms with van der Waals surface area (Å²) >= 11 is 12.8. The molecule has 0 fully saturated rings. The minimum atomic E-state index is -0.230. The molecule has 0 spiro atoms. The molecule has 24 heavy (non-hydrogen) atoms. The Morgan fingerprint density at radius 2 is 1.38 bits per heavy atom. The molecule has 2 nitrogen and oxygen atoms in total. The van der Waals surface area contributed by atoms with E-state index in [2.05, 4.69) is 114 Å². The number of rotatable bonds is 5. The van der Waals surface area contributed by atoms with Crippen LogP contribution in [0.1, 0.15) is 11.1 Å². The van der Waals surface area contributed by atoms with Crippen LogP contribution in [-0.2, 0) is 12.8 Å². The Bertz CT molecular complexity index is 755. The number of aryl methyl sites for hydroxylation is 2. The third-order valence-corrected chi connectivity index (χ3v) is 7.04. The van der Waals surface area contributed by atoms with Crippen molar-refractivity contribution in [1.82, 2.24) is 0 Å². The SMILES string of the molecule is Fc1cc(I)c(N(I)I)c(CCc2ccc(F)c(I)c2N(I)I)c1. The molecule has 0 aromatic heterocycles. The maximum atomic E-state index is 13.9. The summed E-state index contributed by atoms with van der Waals surface area (Å²) in [5.74, 6) is -0.453. The molecular weight excluding hydrogens is 996 g/mol. The summed E-state index contributed by atoms with van der Waals surface area (Å²) in [7, 11) is 0. The van der Waals surface area contributed by atoms with E-state index < -0.39 is 0 Å². The molecule has 0 saturated carbocycles. The molecule has 0 atom stereocenters. The van der Waals surface area contributed by atoms with Gasteiger partial charge in [-0.05, 0) is 87.3 Å². The maximum Gasteiger partial charge on any atom is 0.138 e. The molecule has 10 heteroatoms. The first-order chi connectivity index (χ1) is 11.2. The molecule has 0 bridgehead atoms. The zero-order chi connectivity index (χ0) is 18.0. The summed E-state index contributed by atoms with van der Waals surface area (Å²) in [5.41, 5.74) is 3.87. The van der Waals surface area contributed by atoms with Crippen molar-refractivity contribution in [2.45, 2.75) is 12.8 Å². The predicted octanol–water partition coefficient (Wildman–Crippen LogP) is 7.97. The van der Waals surface area contributed by atoms with Crippen LogP contribution in [0.3, 0.4) is 0 Å². The van der Waals surface area contributed by atoms with Crippen molar-refractivity contribution in [2.24, 2.45) is 0 Å². The molecule has 0 N–H and O–H groups in total. The van der Waals surface area contributed by atoms with Crippen LogP contribution in [0.2, 0.25) is 0 Å². The van der Waals surface area contributed by atoms with E-state index in [-0.39, 0.29) is 11.6 Å². The summed E-state index contributed by atoms with van der Waals surface area (Å²) in [6.07, 6.45) is 1.39. The van der Waals surface area contributed by atoms with Crippen molar-refractivity contribution >= 4 is 148 Å². The largest absolute Gasteiger partial charge is 0.254 e. The molecule has 2 rings (SSSR count). The van der Waals surface area contributed by atoms with E-state index in [1.54, 1.807) is 6.07 Å². The van der Waals surface area contributed by atoms with Crippen molar-refractivity contribution in [3.05, 3.63) is 54.2 Å². The molecule has 0 radical (unpaired) electrons. The topological polar surface area (TPSA) is 6.48 Å². The standard InChI is InChI=1S/C14H8F2I6N2/c15-9-5-8(13(23(19)20)11(17)6-9)2-1-7-3-4-10(16)12(18)14(7)24(21)22/h3-6H,1-2H2. The number of hydrogen-bond donors (Lipinski definition) is 0. The Labute approximate surface area is 222 Å². The molecule has 2 aromatic carbocycles. The van der Waals surface area contributed by atoms with Gasteiger partial charge in [-0.15, -0.1) is 0 Å². The summed E-state index contributed by atoms with van der Waals surface area (Å²) < 4.78 is 33.0. The fourth-order valence-corrected chi connectivity index (χ4v) is 7.97. The second kappa shape index (κ2) is 10.2. The van der Waals surface area contributed by atoms with Crippen molar-refractivity contribution in [1.29, 1.82) is 0 Å². The van der Waals surface area contributed by atoms with Crippen LogP contribution in [0, 0.1) is 18.8 Å². The van der Waals surface area contributed by atoms with Crippen LogP contribution in [0.5, 0.6) is 0 Å². The number of benzene rings is 2. The maximum absolute atomic E-state index is 13.9. The molecule has 0 heterocycles. The summed E-state index contributed by atoms with van der Waals surface area (Å²) in [6.45, 7) is 0. The van der Waals surface area contributed by atoms with Gasteiger partial charge in [0.05, 0.1) is 106 Å². The number of halogens is 8. The lowest BCUT2D eigenvalue weighted by Crippen LogP contribution is -2.06. The predicted molar refractivity (Wildman–Crippen MR) is 147 cm³/mol. The fraction of sp³-hybridized carbons (Fsp3) is 0.143. The summed E-state index contributed by atoms with van der Waals surface area (Å²) in [5, 5.41) is 0. The van der Waals surface area contributed by atoms with Gasteiger partial charge in [0, 0.05) is 3.57 Å². The first-order valence-electron chi connectivity index (χ1n) is 6.40. The van der Waals surface area contributed by atoms with E-state index in [0.29, 0.717) is 16.4 Å². The smallest absolute Gasteiger partial charge is 0.138 e. The van der Waals surface area contributed by atoms with E-state index in [1.807, 2.05) is 31.3 Å². The van der Waals surface area contributed by atoms with Gasteiger partial charge in [-0.1, -0.05) is 6.07 Å². The molecule has 2 aromatic rings. The molecule has 0 aliphatic rings. The highest BCUT2D eigenvalue weighted by atomic mass is 127.